The molecular formula is C13H17F2N3O2. The third-order valence-corrected chi connectivity index (χ3v) is 4.10. The first-order valence-corrected chi connectivity index (χ1v) is 6.41. The van der Waals surface area contributed by atoms with E-state index in [1.807, 2.05) is 19.0 Å². The smallest absolute Gasteiger partial charge is 0.295 e. The maximum atomic E-state index is 13.8. The molecule has 1 N–H and O–H groups in total. The van der Waals surface area contributed by atoms with E-state index in [9.17, 15) is 18.9 Å². The molecule has 110 valence electrons. The molecule has 1 aromatic carbocycles. The summed E-state index contributed by atoms with van der Waals surface area (Å²) in [6, 6.07) is 1.74. The summed E-state index contributed by atoms with van der Waals surface area (Å²) in [4.78, 5) is 12.2. The van der Waals surface area contributed by atoms with Crippen LogP contribution in [-0.2, 0) is 0 Å². The van der Waals surface area contributed by atoms with Crippen molar-refractivity contribution in [2.24, 2.45) is 0 Å². The normalized spacial score (nSPS) is 16.9. The number of hydrogen-bond acceptors (Lipinski definition) is 4. The minimum atomic E-state index is -1.20. The summed E-state index contributed by atoms with van der Waals surface area (Å²) in [5.41, 5.74) is -0.965. The minimum Gasteiger partial charge on any atom is -0.375 e. The Balaban J connectivity index is 2.24. The summed E-state index contributed by atoms with van der Waals surface area (Å²) >= 11 is 0. The Morgan fingerprint density at radius 3 is 2.50 bits per heavy atom. The fraction of sp³-hybridized carbons (Fsp3) is 0.538. The quantitative estimate of drug-likeness (QED) is 0.667. The van der Waals surface area contributed by atoms with Crippen molar-refractivity contribution in [1.29, 1.82) is 0 Å². The van der Waals surface area contributed by atoms with Gasteiger partial charge < -0.3 is 10.2 Å². The SMILES string of the molecule is CN(C)C1(CNc2c([N+](=O)[O-])ccc(F)c2F)CCC1. The molecule has 0 unspecified atom stereocenters. The van der Waals surface area contributed by atoms with Crippen LogP contribution >= 0.6 is 0 Å². The number of nitrogens with one attached hydrogen (secondary N) is 1. The third kappa shape index (κ3) is 2.45. The highest BCUT2D eigenvalue weighted by Gasteiger charge is 2.39. The van der Waals surface area contributed by atoms with Crippen molar-refractivity contribution in [2.45, 2.75) is 24.8 Å². The molecule has 2 rings (SSSR count). The number of rotatable bonds is 5. The lowest BCUT2D eigenvalue weighted by molar-refractivity contribution is -0.384. The highest BCUT2D eigenvalue weighted by atomic mass is 19.2. The van der Waals surface area contributed by atoms with Crippen LogP contribution in [0.15, 0.2) is 12.1 Å². The van der Waals surface area contributed by atoms with Crippen LogP contribution in [0.5, 0.6) is 0 Å². The first kappa shape index (κ1) is 14.6. The summed E-state index contributed by atoms with van der Waals surface area (Å²) < 4.78 is 27.0. The molecule has 1 saturated carbocycles. The van der Waals surface area contributed by atoms with Gasteiger partial charge in [0.2, 0.25) is 0 Å². The van der Waals surface area contributed by atoms with Crippen molar-refractivity contribution in [1.82, 2.24) is 4.90 Å². The van der Waals surface area contributed by atoms with Gasteiger partial charge >= 0.3 is 0 Å². The van der Waals surface area contributed by atoms with Crippen molar-refractivity contribution in [2.75, 3.05) is 26.0 Å². The molecule has 0 spiro atoms. The number of halogens is 2. The monoisotopic (exact) mass is 285 g/mol. The molecule has 0 radical (unpaired) electrons. The second kappa shape index (κ2) is 5.32. The summed E-state index contributed by atoms with van der Waals surface area (Å²) in [5.74, 6) is -2.29. The molecule has 1 aliphatic carbocycles. The molecular weight excluding hydrogens is 268 g/mol. The molecule has 0 aromatic heterocycles. The average molecular weight is 285 g/mol. The second-order valence-electron chi connectivity index (χ2n) is 5.34. The van der Waals surface area contributed by atoms with E-state index in [0.717, 1.165) is 31.4 Å². The van der Waals surface area contributed by atoms with Gasteiger partial charge in [0.25, 0.3) is 5.69 Å². The molecule has 0 amide bonds. The largest absolute Gasteiger partial charge is 0.375 e. The fourth-order valence-electron chi connectivity index (χ4n) is 2.48. The lowest BCUT2D eigenvalue weighted by atomic mass is 9.75. The third-order valence-electron chi connectivity index (χ3n) is 4.10. The molecule has 0 atom stereocenters. The highest BCUT2D eigenvalue weighted by molar-refractivity contribution is 5.62. The summed E-state index contributed by atoms with van der Waals surface area (Å²) in [7, 11) is 3.83. The molecule has 1 aliphatic rings. The molecule has 1 fully saturated rings. The van der Waals surface area contributed by atoms with E-state index in [1.165, 1.54) is 0 Å². The van der Waals surface area contributed by atoms with E-state index < -0.39 is 22.2 Å². The number of nitrogens with zero attached hydrogens (tertiary/aromatic N) is 2. The van der Waals surface area contributed by atoms with Crippen LogP contribution in [-0.4, -0.2) is 36.0 Å². The number of hydrogen-bond donors (Lipinski definition) is 1. The van der Waals surface area contributed by atoms with Crippen molar-refractivity contribution in [3.63, 3.8) is 0 Å². The Bertz CT molecular complexity index is 531. The van der Waals surface area contributed by atoms with Gasteiger partial charge in [0.15, 0.2) is 17.3 Å². The maximum Gasteiger partial charge on any atom is 0.295 e. The highest BCUT2D eigenvalue weighted by Crippen LogP contribution is 2.37. The lowest BCUT2D eigenvalue weighted by Gasteiger charge is -2.47. The van der Waals surface area contributed by atoms with E-state index in [2.05, 4.69) is 5.32 Å². The van der Waals surface area contributed by atoms with Crippen LogP contribution in [0.2, 0.25) is 0 Å². The van der Waals surface area contributed by atoms with E-state index in [-0.39, 0.29) is 11.2 Å². The number of benzene rings is 1. The van der Waals surface area contributed by atoms with Crippen molar-refractivity contribution in [3.8, 4) is 0 Å². The average Bonchev–Trinajstić information content (AvgIpc) is 2.32. The summed E-state index contributed by atoms with van der Waals surface area (Å²) in [6.07, 6.45) is 2.92. The molecule has 0 saturated heterocycles. The molecule has 0 aliphatic heterocycles. The van der Waals surface area contributed by atoms with Gasteiger partial charge in [0.05, 0.1) is 4.92 Å². The molecule has 7 heteroatoms. The van der Waals surface area contributed by atoms with Gasteiger partial charge in [-0.2, -0.15) is 0 Å². The van der Waals surface area contributed by atoms with E-state index >= 15 is 0 Å². The Morgan fingerprint density at radius 2 is 2.05 bits per heavy atom. The van der Waals surface area contributed by atoms with Crippen LogP contribution < -0.4 is 5.32 Å². The standard InChI is InChI=1S/C13H17F2N3O2/c1-17(2)13(6-3-7-13)8-16-12-10(18(19)20)5-4-9(14)11(12)15/h4-5,16H,3,6-8H2,1-2H3. The van der Waals surface area contributed by atoms with Gasteiger partial charge in [0, 0.05) is 18.2 Å². The zero-order chi connectivity index (χ0) is 14.9. The molecule has 0 heterocycles. The van der Waals surface area contributed by atoms with Gasteiger partial charge in [-0.3, -0.25) is 10.1 Å². The lowest BCUT2D eigenvalue weighted by Crippen LogP contribution is -2.54. The van der Waals surface area contributed by atoms with Crippen LogP contribution in [0.1, 0.15) is 19.3 Å². The van der Waals surface area contributed by atoms with Gasteiger partial charge in [-0.25, -0.2) is 8.78 Å². The van der Waals surface area contributed by atoms with Crippen LogP contribution in [0.3, 0.4) is 0 Å². The molecule has 0 bridgehead atoms. The Morgan fingerprint density at radius 1 is 1.40 bits per heavy atom. The van der Waals surface area contributed by atoms with E-state index in [0.29, 0.717) is 6.54 Å². The minimum absolute atomic E-state index is 0.146. The van der Waals surface area contributed by atoms with Crippen LogP contribution in [0, 0.1) is 21.7 Å². The van der Waals surface area contributed by atoms with Crippen molar-refractivity contribution in [3.05, 3.63) is 33.9 Å². The number of anilines is 1. The first-order chi connectivity index (χ1) is 9.37. The molecule has 5 nitrogen and oxygen atoms in total. The predicted molar refractivity (Wildman–Crippen MR) is 71.8 cm³/mol. The zero-order valence-corrected chi connectivity index (χ0v) is 11.4. The number of nitro groups is 1. The van der Waals surface area contributed by atoms with Crippen LogP contribution in [0.4, 0.5) is 20.2 Å². The van der Waals surface area contributed by atoms with Gasteiger partial charge in [-0.15, -0.1) is 0 Å². The number of likely N-dealkylation sites (N-methyl/N-ethyl adjacent to an activating group) is 1. The predicted octanol–water partition coefficient (Wildman–Crippen LogP) is 2.77. The van der Waals surface area contributed by atoms with Crippen molar-refractivity contribution >= 4 is 11.4 Å². The summed E-state index contributed by atoms with van der Waals surface area (Å²) in [5, 5.41) is 13.6. The molecule has 1 aromatic rings. The summed E-state index contributed by atoms with van der Waals surface area (Å²) in [6.45, 7) is 0.348. The topological polar surface area (TPSA) is 58.4 Å². The Labute approximate surface area is 115 Å². The van der Waals surface area contributed by atoms with E-state index in [1.54, 1.807) is 0 Å². The Hall–Kier alpha value is -1.76. The van der Waals surface area contributed by atoms with Gasteiger partial charge in [-0.05, 0) is 39.4 Å². The fourth-order valence-corrected chi connectivity index (χ4v) is 2.48. The van der Waals surface area contributed by atoms with Gasteiger partial charge in [0.1, 0.15) is 0 Å². The van der Waals surface area contributed by atoms with E-state index in [4.69, 9.17) is 0 Å². The zero-order valence-electron chi connectivity index (χ0n) is 11.4. The first-order valence-electron chi connectivity index (χ1n) is 6.41. The maximum absolute atomic E-state index is 13.8. The Kier molecular flexibility index (Phi) is 3.89. The second-order valence-corrected chi connectivity index (χ2v) is 5.34. The van der Waals surface area contributed by atoms with Crippen molar-refractivity contribution < 1.29 is 13.7 Å². The molecule has 20 heavy (non-hydrogen) atoms. The van der Waals surface area contributed by atoms with Crippen LogP contribution in [0.25, 0.3) is 0 Å². The number of nitro benzene ring substituents is 1. The van der Waals surface area contributed by atoms with Gasteiger partial charge in [-0.1, -0.05) is 0 Å².